The normalized spacial score (nSPS) is 10.0. The number of para-hydroxylation sites is 2. The largest absolute Gasteiger partial charge is 0.507 e. The van der Waals surface area contributed by atoms with E-state index in [1.165, 1.54) is 6.07 Å². The number of benzene rings is 2. The molecule has 0 saturated heterocycles. The van der Waals surface area contributed by atoms with Crippen molar-refractivity contribution in [3.8, 4) is 5.75 Å². The van der Waals surface area contributed by atoms with Gasteiger partial charge in [-0.2, -0.15) is 0 Å². The van der Waals surface area contributed by atoms with Crippen molar-refractivity contribution in [2.75, 3.05) is 5.73 Å². The quantitative estimate of drug-likeness (QED) is 0.593. The first-order chi connectivity index (χ1) is 7.70. The Labute approximate surface area is 93.1 Å². The molecule has 3 N–H and O–H groups in total. The smallest absolute Gasteiger partial charge is 0.198 e. The molecule has 0 spiro atoms. The minimum Gasteiger partial charge on any atom is -0.507 e. The van der Waals surface area contributed by atoms with Gasteiger partial charge in [-0.05, 0) is 24.3 Å². The van der Waals surface area contributed by atoms with Crippen LogP contribution in [0, 0.1) is 0 Å². The van der Waals surface area contributed by atoms with Crippen LogP contribution in [0.5, 0.6) is 5.75 Å². The molecule has 0 heterocycles. The maximum Gasteiger partial charge on any atom is 0.198 e. The van der Waals surface area contributed by atoms with Gasteiger partial charge in [-0.25, -0.2) is 0 Å². The van der Waals surface area contributed by atoms with Crippen molar-refractivity contribution in [1.29, 1.82) is 0 Å². The van der Waals surface area contributed by atoms with Crippen molar-refractivity contribution < 1.29 is 9.90 Å². The Kier molecular flexibility index (Phi) is 2.60. The molecule has 0 aromatic heterocycles. The maximum atomic E-state index is 12.0. The summed E-state index contributed by atoms with van der Waals surface area (Å²) in [7, 11) is 0. The van der Waals surface area contributed by atoms with Gasteiger partial charge < -0.3 is 10.8 Å². The number of anilines is 1. The number of carbonyl (C=O) groups excluding carboxylic acids is 1. The highest BCUT2D eigenvalue weighted by molar-refractivity contribution is 6.13. The number of hydrogen-bond acceptors (Lipinski definition) is 3. The lowest BCUT2D eigenvalue weighted by atomic mass is 10.0. The molecule has 2 aromatic rings. The Hall–Kier alpha value is -2.29. The van der Waals surface area contributed by atoms with Gasteiger partial charge in [0.15, 0.2) is 5.78 Å². The van der Waals surface area contributed by atoms with Crippen molar-refractivity contribution in [3.63, 3.8) is 0 Å². The first-order valence-corrected chi connectivity index (χ1v) is 4.87. The molecule has 0 aliphatic carbocycles. The molecule has 16 heavy (non-hydrogen) atoms. The number of carbonyl (C=O) groups is 1. The number of rotatable bonds is 2. The summed E-state index contributed by atoms with van der Waals surface area (Å²) in [5.74, 6) is -0.299. The summed E-state index contributed by atoms with van der Waals surface area (Å²) in [6, 6.07) is 13.2. The maximum absolute atomic E-state index is 12.0. The van der Waals surface area contributed by atoms with E-state index >= 15 is 0 Å². The van der Waals surface area contributed by atoms with Crippen LogP contribution in [0.2, 0.25) is 0 Å². The van der Waals surface area contributed by atoms with Gasteiger partial charge in [-0.15, -0.1) is 0 Å². The number of aromatic hydroxyl groups is 1. The van der Waals surface area contributed by atoms with Gasteiger partial charge in [0, 0.05) is 11.3 Å². The third kappa shape index (κ3) is 1.75. The van der Waals surface area contributed by atoms with Crippen LogP contribution >= 0.6 is 0 Å². The summed E-state index contributed by atoms with van der Waals surface area (Å²) in [5.41, 5.74) is 6.79. The molecule has 0 bridgehead atoms. The molecule has 0 radical (unpaired) electrons. The minimum atomic E-state index is -0.267. The van der Waals surface area contributed by atoms with Crippen LogP contribution in [-0.2, 0) is 0 Å². The van der Waals surface area contributed by atoms with E-state index in [1.54, 1.807) is 42.5 Å². The summed E-state index contributed by atoms with van der Waals surface area (Å²) in [4.78, 5) is 12.0. The van der Waals surface area contributed by atoms with Crippen LogP contribution in [0.25, 0.3) is 0 Å². The molecule has 3 nitrogen and oxygen atoms in total. The van der Waals surface area contributed by atoms with Crippen LogP contribution in [-0.4, -0.2) is 10.9 Å². The van der Waals surface area contributed by atoms with Gasteiger partial charge in [-0.1, -0.05) is 24.3 Å². The van der Waals surface area contributed by atoms with E-state index < -0.39 is 0 Å². The molecule has 0 fully saturated rings. The molecular weight excluding hydrogens is 202 g/mol. The van der Waals surface area contributed by atoms with E-state index in [2.05, 4.69) is 0 Å². The fourth-order valence-corrected chi connectivity index (χ4v) is 1.51. The Morgan fingerprint density at radius 3 is 2.12 bits per heavy atom. The lowest BCUT2D eigenvalue weighted by molar-refractivity contribution is 0.103. The number of hydrogen-bond donors (Lipinski definition) is 2. The number of ketones is 1. The van der Waals surface area contributed by atoms with E-state index in [0.29, 0.717) is 11.3 Å². The van der Waals surface area contributed by atoms with Crippen LogP contribution in [0.1, 0.15) is 15.9 Å². The van der Waals surface area contributed by atoms with Crippen LogP contribution in [0.3, 0.4) is 0 Å². The third-order valence-electron chi connectivity index (χ3n) is 2.35. The second-order valence-electron chi connectivity index (χ2n) is 3.43. The fourth-order valence-electron chi connectivity index (χ4n) is 1.51. The van der Waals surface area contributed by atoms with E-state index in [0.717, 1.165) is 0 Å². The van der Waals surface area contributed by atoms with Crippen molar-refractivity contribution in [2.24, 2.45) is 0 Å². The summed E-state index contributed by atoms with van der Waals surface area (Å²) >= 11 is 0. The average Bonchev–Trinajstić information content (AvgIpc) is 2.29. The van der Waals surface area contributed by atoms with E-state index in [1.807, 2.05) is 0 Å². The third-order valence-corrected chi connectivity index (χ3v) is 2.35. The highest BCUT2D eigenvalue weighted by atomic mass is 16.3. The zero-order valence-corrected chi connectivity index (χ0v) is 8.55. The second kappa shape index (κ2) is 4.06. The zero-order chi connectivity index (χ0) is 11.5. The SMILES string of the molecule is Nc1ccccc1C(=O)c1ccccc1O. The first-order valence-electron chi connectivity index (χ1n) is 4.87. The predicted octanol–water partition coefficient (Wildman–Crippen LogP) is 2.21. The van der Waals surface area contributed by atoms with Crippen LogP contribution in [0.15, 0.2) is 48.5 Å². The van der Waals surface area contributed by atoms with Gasteiger partial charge in [0.05, 0.1) is 5.56 Å². The van der Waals surface area contributed by atoms with Gasteiger partial charge in [-0.3, -0.25) is 4.79 Å². The number of phenols is 1. The molecule has 0 saturated carbocycles. The highest BCUT2D eigenvalue weighted by Crippen LogP contribution is 2.22. The van der Waals surface area contributed by atoms with Gasteiger partial charge in [0.25, 0.3) is 0 Å². The Balaban J connectivity index is 2.48. The highest BCUT2D eigenvalue weighted by Gasteiger charge is 2.14. The summed E-state index contributed by atoms with van der Waals surface area (Å²) in [6.07, 6.45) is 0. The Morgan fingerprint density at radius 2 is 1.50 bits per heavy atom. The van der Waals surface area contributed by atoms with Crippen LogP contribution < -0.4 is 5.73 Å². The average molecular weight is 213 g/mol. The molecule has 0 atom stereocenters. The molecule has 2 aromatic carbocycles. The van der Waals surface area contributed by atoms with E-state index in [9.17, 15) is 9.90 Å². The monoisotopic (exact) mass is 213 g/mol. The summed E-state index contributed by atoms with van der Waals surface area (Å²) < 4.78 is 0. The van der Waals surface area contributed by atoms with Crippen molar-refractivity contribution >= 4 is 11.5 Å². The fraction of sp³-hybridized carbons (Fsp3) is 0. The number of nitrogen functional groups attached to an aromatic ring is 1. The molecule has 0 aliphatic heterocycles. The molecular formula is C13H11NO2. The van der Waals surface area contributed by atoms with Gasteiger partial charge >= 0.3 is 0 Å². The Bertz CT molecular complexity index is 487. The van der Waals surface area contributed by atoms with Crippen molar-refractivity contribution in [2.45, 2.75) is 0 Å². The van der Waals surface area contributed by atoms with Crippen molar-refractivity contribution in [1.82, 2.24) is 0 Å². The minimum absolute atomic E-state index is 0.0317. The zero-order valence-electron chi connectivity index (χ0n) is 8.55. The number of nitrogens with two attached hydrogens (primary N) is 1. The molecule has 3 heteroatoms. The van der Waals surface area contributed by atoms with Crippen LogP contribution in [0.4, 0.5) is 5.69 Å². The van der Waals surface area contributed by atoms with E-state index in [-0.39, 0.29) is 17.1 Å². The standard InChI is InChI=1S/C13H11NO2/c14-11-7-3-1-5-9(11)13(16)10-6-2-4-8-12(10)15/h1-8,15H,14H2. The lowest BCUT2D eigenvalue weighted by Crippen LogP contribution is -2.05. The molecule has 0 amide bonds. The van der Waals surface area contributed by atoms with Gasteiger partial charge in [0.2, 0.25) is 0 Å². The van der Waals surface area contributed by atoms with Crippen molar-refractivity contribution in [3.05, 3.63) is 59.7 Å². The molecule has 0 aliphatic rings. The first kappa shape index (κ1) is 10.2. The van der Waals surface area contributed by atoms with E-state index in [4.69, 9.17) is 5.73 Å². The Morgan fingerprint density at radius 1 is 0.938 bits per heavy atom. The predicted molar refractivity (Wildman–Crippen MR) is 62.4 cm³/mol. The topological polar surface area (TPSA) is 63.3 Å². The number of phenolic OH excluding ortho intramolecular Hbond substituents is 1. The summed E-state index contributed by atoms with van der Waals surface area (Å²) in [6.45, 7) is 0. The van der Waals surface area contributed by atoms with Gasteiger partial charge in [0.1, 0.15) is 5.75 Å². The molecule has 80 valence electrons. The molecule has 0 unspecified atom stereocenters. The molecule has 2 rings (SSSR count). The second-order valence-corrected chi connectivity index (χ2v) is 3.43. The lowest BCUT2D eigenvalue weighted by Gasteiger charge is -2.05. The summed E-state index contributed by atoms with van der Waals surface area (Å²) in [5, 5.41) is 9.57.